The fourth-order valence-corrected chi connectivity index (χ4v) is 8.27. The topological polar surface area (TPSA) is 117 Å². The Morgan fingerprint density at radius 3 is 2.51 bits per heavy atom. The average Bonchev–Trinajstić information content (AvgIpc) is 3.94. The first kappa shape index (κ1) is 37.0. The zero-order valence-electron chi connectivity index (χ0n) is 31.7. The van der Waals surface area contributed by atoms with Crippen molar-refractivity contribution >= 4 is 23.7 Å². The highest BCUT2D eigenvalue weighted by atomic mass is 16.6. The fourth-order valence-electron chi connectivity index (χ4n) is 8.27. The molecular weight excluding hydrogens is 672 g/mol. The minimum absolute atomic E-state index is 0.0416. The maximum absolute atomic E-state index is 13.2. The van der Waals surface area contributed by atoms with Crippen molar-refractivity contribution in [2.45, 2.75) is 76.7 Å². The fraction of sp³-hybridized carbons (Fsp3) is 0.600. The van der Waals surface area contributed by atoms with Crippen LogP contribution >= 0.6 is 0 Å². The Bertz CT molecular complexity index is 1720. The SMILES string of the molecule is CC(C)c1cnn2c(NC3CC4CN(C(=O)OC5CCN(C/C=C/CN(C)C)C5)CC4C3)cc(O[C@@H]3CCCN(C(=O)OCc4ccccc4)C3)nc12. The summed E-state index contributed by atoms with van der Waals surface area (Å²) in [5.74, 6) is 2.45. The van der Waals surface area contributed by atoms with Crippen LogP contribution in [0.1, 0.15) is 63.0 Å². The third-order valence-electron chi connectivity index (χ3n) is 11.1. The van der Waals surface area contributed by atoms with Crippen molar-refractivity contribution < 1.29 is 23.8 Å². The maximum atomic E-state index is 13.2. The Kier molecular flexibility index (Phi) is 11.7. The van der Waals surface area contributed by atoms with Gasteiger partial charge in [0.2, 0.25) is 5.88 Å². The number of benzene rings is 1. The number of hydrogen-bond acceptors (Lipinski definition) is 10. The molecule has 3 aliphatic heterocycles. The molecule has 53 heavy (non-hydrogen) atoms. The Labute approximate surface area is 313 Å². The molecule has 7 rings (SSSR count). The Balaban J connectivity index is 0.933. The van der Waals surface area contributed by atoms with Gasteiger partial charge in [-0.1, -0.05) is 56.3 Å². The van der Waals surface area contributed by atoms with Crippen LogP contribution in [0.3, 0.4) is 0 Å². The summed E-state index contributed by atoms with van der Waals surface area (Å²) in [6.07, 6.45) is 10.0. The molecule has 5 heterocycles. The normalized spacial score (nSPS) is 24.8. The largest absolute Gasteiger partial charge is 0.472 e. The first-order valence-electron chi connectivity index (χ1n) is 19.4. The van der Waals surface area contributed by atoms with Crippen molar-refractivity contribution in [3.8, 4) is 5.88 Å². The number of carbonyl (C=O) groups excluding carboxylic acids is 2. The molecule has 0 spiro atoms. The van der Waals surface area contributed by atoms with Crippen molar-refractivity contribution in [1.29, 1.82) is 0 Å². The molecule has 3 saturated heterocycles. The molecular formula is C40H56N8O5. The highest BCUT2D eigenvalue weighted by Gasteiger charge is 2.43. The van der Waals surface area contributed by atoms with Crippen LogP contribution in [0.5, 0.6) is 5.88 Å². The van der Waals surface area contributed by atoms with E-state index in [0.717, 1.165) is 94.0 Å². The van der Waals surface area contributed by atoms with E-state index in [-0.39, 0.29) is 43.0 Å². The lowest BCUT2D eigenvalue weighted by molar-refractivity contribution is 0.0537. The van der Waals surface area contributed by atoms with Crippen LogP contribution in [0.4, 0.5) is 15.4 Å². The van der Waals surface area contributed by atoms with E-state index in [2.05, 4.69) is 55.2 Å². The number of piperidine rings is 1. The van der Waals surface area contributed by atoms with Gasteiger partial charge in [-0.05, 0) is 69.5 Å². The van der Waals surface area contributed by atoms with Gasteiger partial charge in [0.25, 0.3) is 0 Å². The molecule has 286 valence electrons. The van der Waals surface area contributed by atoms with E-state index < -0.39 is 0 Å². The van der Waals surface area contributed by atoms with Gasteiger partial charge in [-0.25, -0.2) is 9.59 Å². The first-order chi connectivity index (χ1) is 25.7. The summed E-state index contributed by atoms with van der Waals surface area (Å²) < 4.78 is 20.0. The molecule has 3 unspecified atom stereocenters. The predicted octanol–water partition coefficient (Wildman–Crippen LogP) is 5.48. The zero-order chi connectivity index (χ0) is 36.9. The van der Waals surface area contributed by atoms with Crippen molar-refractivity contribution in [3.63, 3.8) is 0 Å². The zero-order valence-corrected chi connectivity index (χ0v) is 31.7. The number of ether oxygens (including phenoxy) is 3. The third kappa shape index (κ3) is 9.24. The number of amides is 2. The lowest BCUT2D eigenvalue weighted by atomic mass is 10.0. The summed E-state index contributed by atoms with van der Waals surface area (Å²) in [6, 6.07) is 11.9. The van der Waals surface area contributed by atoms with Gasteiger partial charge in [0, 0.05) is 63.5 Å². The Hall–Kier alpha value is -4.36. The number of anilines is 1. The molecule has 0 radical (unpaired) electrons. The van der Waals surface area contributed by atoms with Gasteiger partial charge in [-0.3, -0.25) is 4.90 Å². The van der Waals surface area contributed by atoms with Gasteiger partial charge in [0.05, 0.1) is 12.7 Å². The third-order valence-corrected chi connectivity index (χ3v) is 11.1. The molecule has 13 nitrogen and oxygen atoms in total. The number of nitrogens with zero attached hydrogens (tertiary/aromatic N) is 7. The molecule has 1 N–H and O–H groups in total. The van der Waals surface area contributed by atoms with E-state index in [1.807, 2.05) is 52.0 Å². The number of hydrogen-bond donors (Lipinski definition) is 1. The van der Waals surface area contributed by atoms with E-state index in [0.29, 0.717) is 30.8 Å². The summed E-state index contributed by atoms with van der Waals surface area (Å²) in [7, 11) is 4.13. The molecule has 1 saturated carbocycles. The van der Waals surface area contributed by atoms with Gasteiger partial charge >= 0.3 is 12.2 Å². The van der Waals surface area contributed by atoms with Gasteiger partial charge in [0.15, 0.2) is 5.65 Å². The number of likely N-dealkylation sites (N-methyl/N-ethyl adjacent to an activating group) is 1. The van der Waals surface area contributed by atoms with E-state index in [4.69, 9.17) is 24.3 Å². The second-order valence-electron chi connectivity index (χ2n) is 15.9. The van der Waals surface area contributed by atoms with Gasteiger partial charge in [0.1, 0.15) is 24.6 Å². The lowest BCUT2D eigenvalue weighted by Crippen LogP contribution is -2.44. The smallest absolute Gasteiger partial charge is 0.410 e. The second-order valence-corrected chi connectivity index (χ2v) is 15.9. The highest BCUT2D eigenvalue weighted by Crippen LogP contribution is 2.40. The molecule has 3 aromatic rings. The van der Waals surface area contributed by atoms with Crippen LogP contribution in [0.2, 0.25) is 0 Å². The minimum Gasteiger partial charge on any atom is -0.472 e. The molecule has 2 amide bonds. The quantitative estimate of drug-likeness (QED) is 0.240. The van der Waals surface area contributed by atoms with Crippen molar-refractivity contribution in [3.05, 3.63) is 65.9 Å². The highest BCUT2D eigenvalue weighted by molar-refractivity contribution is 5.68. The van der Waals surface area contributed by atoms with E-state index in [1.54, 1.807) is 4.90 Å². The summed E-state index contributed by atoms with van der Waals surface area (Å²) in [5, 5.41) is 8.51. The average molecular weight is 729 g/mol. The van der Waals surface area contributed by atoms with E-state index in [1.165, 1.54) is 0 Å². The summed E-state index contributed by atoms with van der Waals surface area (Å²) in [6.45, 7) is 10.6. The van der Waals surface area contributed by atoms with E-state index in [9.17, 15) is 9.59 Å². The Morgan fingerprint density at radius 2 is 1.75 bits per heavy atom. The number of fused-ring (bicyclic) bond motifs is 2. The molecule has 4 atom stereocenters. The van der Waals surface area contributed by atoms with Crippen LogP contribution in [-0.4, -0.2) is 131 Å². The molecule has 0 bridgehead atoms. The summed E-state index contributed by atoms with van der Waals surface area (Å²) in [4.78, 5) is 39.2. The monoisotopic (exact) mass is 728 g/mol. The lowest BCUT2D eigenvalue weighted by Gasteiger charge is -2.32. The predicted molar refractivity (Wildman–Crippen MR) is 203 cm³/mol. The van der Waals surface area contributed by atoms with Crippen LogP contribution in [-0.2, 0) is 16.1 Å². The van der Waals surface area contributed by atoms with Crippen molar-refractivity contribution in [2.75, 3.05) is 71.8 Å². The van der Waals surface area contributed by atoms with Crippen LogP contribution < -0.4 is 10.1 Å². The van der Waals surface area contributed by atoms with Crippen LogP contribution in [0.25, 0.3) is 5.65 Å². The number of carbonyl (C=O) groups is 2. The number of nitrogens with one attached hydrogen (secondary N) is 1. The molecule has 2 aromatic heterocycles. The van der Waals surface area contributed by atoms with Crippen molar-refractivity contribution in [2.24, 2.45) is 11.8 Å². The first-order valence-corrected chi connectivity index (χ1v) is 19.4. The second kappa shape index (κ2) is 16.8. The maximum Gasteiger partial charge on any atom is 0.410 e. The molecule has 4 fully saturated rings. The van der Waals surface area contributed by atoms with Gasteiger partial charge < -0.3 is 34.2 Å². The standard InChI is InChI=1S/C40H56N8O5/c1-28(2)35-22-41-48-36(21-37(43-38(35)48)52-33-13-10-17-46(26-33)39(49)51-27-29-11-6-5-7-12-29)42-32-19-30-23-47(24-31(30)20-32)40(50)53-34-14-18-45(25-34)16-9-8-15-44(3)4/h5-9,11-12,21-22,28,30-34,42H,10,13-20,23-27H2,1-4H3/b9-8+/t30?,31?,32?,33-,34?/m1/s1. The molecule has 13 heteroatoms. The number of likely N-dealkylation sites (tertiary alicyclic amines) is 3. The number of rotatable bonds is 12. The summed E-state index contributed by atoms with van der Waals surface area (Å²) >= 11 is 0. The van der Waals surface area contributed by atoms with Crippen LogP contribution in [0.15, 0.2) is 54.7 Å². The molecule has 4 aliphatic rings. The Morgan fingerprint density at radius 1 is 0.962 bits per heavy atom. The van der Waals surface area contributed by atoms with E-state index >= 15 is 0 Å². The van der Waals surface area contributed by atoms with Crippen molar-refractivity contribution in [1.82, 2.24) is 34.2 Å². The summed E-state index contributed by atoms with van der Waals surface area (Å²) in [5.41, 5.74) is 2.79. The minimum atomic E-state index is -0.325. The van der Waals surface area contributed by atoms with Gasteiger partial charge in [-0.2, -0.15) is 14.6 Å². The van der Waals surface area contributed by atoms with Gasteiger partial charge in [-0.15, -0.1) is 0 Å². The molecule has 1 aromatic carbocycles. The number of aromatic nitrogens is 3. The van der Waals surface area contributed by atoms with Crippen LogP contribution in [0, 0.1) is 11.8 Å². The molecule has 1 aliphatic carbocycles.